The number of amides is 3. The zero-order valence-electron chi connectivity index (χ0n) is 17.8. The minimum atomic E-state index is -5.21. The van der Waals surface area contributed by atoms with E-state index in [1.54, 1.807) is 0 Å². The van der Waals surface area contributed by atoms with Gasteiger partial charge in [0.2, 0.25) is 5.60 Å². The van der Waals surface area contributed by atoms with Crippen molar-refractivity contribution in [1.82, 2.24) is 10.3 Å². The number of carbonyl (C=O) groups excluding carboxylic acids is 2. The van der Waals surface area contributed by atoms with Crippen LogP contribution in [0.15, 0.2) is 48.7 Å². The van der Waals surface area contributed by atoms with E-state index in [-0.39, 0.29) is 33.2 Å². The molecule has 0 bridgehead atoms. The molecule has 0 saturated heterocycles. The molecule has 0 aliphatic carbocycles. The highest BCUT2D eigenvalue weighted by molar-refractivity contribution is 6.31. The number of anilines is 2. The van der Waals surface area contributed by atoms with Crippen LogP contribution >= 0.6 is 11.6 Å². The number of nitrogens with one attached hydrogen (secondary N) is 2. The van der Waals surface area contributed by atoms with E-state index in [9.17, 15) is 36.6 Å². The molecule has 3 N–H and O–H groups in total. The topological polar surface area (TPSA) is 94.6 Å². The van der Waals surface area contributed by atoms with Crippen LogP contribution in [0.5, 0.6) is 0 Å². The van der Waals surface area contributed by atoms with Crippen molar-refractivity contribution >= 4 is 34.9 Å². The molecule has 0 unspecified atom stereocenters. The molecule has 0 saturated carbocycles. The van der Waals surface area contributed by atoms with E-state index in [1.807, 2.05) is 0 Å². The quantitative estimate of drug-likeness (QED) is 0.426. The summed E-state index contributed by atoms with van der Waals surface area (Å²) in [7, 11) is 0. The predicted molar refractivity (Wildman–Crippen MR) is 118 cm³/mol. The van der Waals surface area contributed by atoms with Crippen molar-refractivity contribution in [3.05, 3.63) is 87.7 Å². The highest BCUT2D eigenvalue weighted by Gasteiger charge is 2.61. The van der Waals surface area contributed by atoms with Crippen LogP contribution in [0.25, 0.3) is 0 Å². The summed E-state index contributed by atoms with van der Waals surface area (Å²) in [6, 6.07) is 5.00. The predicted octanol–water partition coefficient (Wildman–Crippen LogP) is 4.65. The van der Waals surface area contributed by atoms with Gasteiger partial charge in [-0.25, -0.2) is 13.6 Å². The summed E-state index contributed by atoms with van der Waals surface area (Å²) in [5, 5.41) is 15.5. The zero-order chi connectivity index (χ0) is 26.0. The van der Waals surface area contributed by atoms with Gasteiger partial charge in [0.25, 0.3) is 5.91 Å². The zero-order valence-corrected chi connectivity index (χ0v) is 18.6. The lowest BCUT2D eigenvalue weighted by molar-refractivity contribution is -0.258. The van der Waals surface area contributed by atoms with Crippen LogP contribution in [0.3, 0.4) is 0 Å². The number of aliphatic hydroxyl groups is 1. The maximum atomic E-state index is 13.9. The van der Waals surface area contributed by atoms with Gasteiger partial charge in [-0.05, 0) is 42.5 Å². The first-order valence-corrected chi connectivity index (χ1v) is 10.7. The second-order valence-electron chi connectivity index (χ2n) is 8.23. The molecular weight excluding hydrogens is 511 g/mol. The molecule has 3 aromatic rings. The fourth-order valence-electron chi connectivity index (χ4n) is 4.38. The van der Waals surface area contributed by atoms with E-state index >= 15 is 0 Å². The maximum absolute atomic E-state index is 13.9. The fraction of sp³-hybridized carbons (Fsp3) is 0.174. The van der Waals surface area contributed by atoms with Gasteiger partial charge in [0.05, 0.1) is 24.0 Å². The van der Waals surface area contributed by atoms with Crippen molar-refractivity contribution in [1.29, 1.82) is 0 Å². The number of benzene rings is 2. The molecular formula is C23H14ClF5N4O3. The van der Waals surface area contributed by atoms with Crippen molar-refractivity contribution in [2.45, 2.75) is 17.8 Å². The van der Waals surface area contributed by atoms with E-state index in [0.29, 0.717) is 11.0 Å². The molecule has 13 heteroatoms. The summed E-state index contributed by atoms with van der Waals surface area (Å²) in [6.45, 7) is -1.23. The van der Waals surface area contributed by atoms with Crippen LogP contribution in [0, 0.1) is 11.6 Å². The molecule has 0 radical (unpaired) electrons. The summed E-state index contributed by atoms with van der Waals surface area (Å²) >= 11 is 6.20. The number of pyridine rings is 1. The summed E-state index contributed by atoms with van der Waals surface area (Å²) in [6.07, 6.45) is -4.01. The van der Waals surface area contributed by atoms with Crippen molar-refractivity contribution < 1.29 is 36.6 Å². The average molecular weight is 525 g/mol. The number of rotatable bonds is 2. The lowest BCUT2D eigenvalue weighted by atomic mass is 9.95. The number of halogens is 6. The lowest BCUT2D eigenvalue weighted by Crippen LogP contribution is -2.48. The molecule has 3 amide bonds. The minimum absolute atomic E-state index is 0.0141. The van der Waals surface area contributed by atoms with Gasteiger partial charge in [0, 0.05) is 27.9 Å². The Balaban J connectivity index is 1.54. The standard InChI is InChI=1S/C23H14ClF5N4O3/c24-14-3-1-10(25)7-12(14)18-17-15(5-6-30-19(17)20(34)32-18)31-21(35)33-9-22(36,23(27,28)29)13-8-11(26)2-4-16(13)33/h1-8,18,36H,9H2,(H,32,34)(H,30,31,35)/t18-,22-/m1/s1. The van der Waals surface area contributed by atoms with Gasteiger partial charge in [-0.2, -0.15) is 13.2 Å². The Labute approximate surface area is 204 Å². The molecule has 2 aromatic carbocycles. The Morgan fingerprint density at radius 3 is 2.58 bits per heavy atom. The Hall–Kier alpha value is -3.77. The van der Waals surface area contributed by atoms with Crippen LogP contribution in [-0.4, -0.2) is 34.7 Å². The summed E-state index contributed by atoms with van der Waals surface area (Å²) < 4.78 is 68.8. The molecule has 2 aliphatic heterocycles. The molecule has 2 atom stereocenters. The summed E-state index contributed by atoms with van der Waals surface area (Å²) in [5.74, 6) is -2.30. The third-order valence-corrected chi connectivity index (χ3v) is 6.42. The first kappa shape index (κ1) is 23.9. The van der Waals surface area contributed by atoms with Crippen molar-refractivity contribution in [3.8, 4) is 0 Å². The Kier molecular flexibility index (Phi) is 5.41. The SMILES string of the molecule is O=C1N[C@H](c2cc(F)ccc2Cl)c2c(NC(=O)N3C[C@](O)(C(F)(F)F)c4cc(F)ccc43)ccnc21. The number of nitrogens with zero attached hydrogens (tertiary/aromatic N) is 2. The monoisotopic (exact) mass is 524 g/mol. The second-order valence-corrected chi connectivity index (χ2v) is 8.64. The van der Waals surface area contributed by atoms with E-state index in [0.717, 1.165) is 24.3 Å². The molecule has 2 aliphatic rings. The molecule has 3 heterocycles. The smallest absolute Gasteiger partial charge is 0.375 e. The van der Waals surface area contributed by atoms with Crippen LogP contribution in [-0.2, 0) is 5.60 Å². The highest BCUT2D eigenvalue weighted by atomic mass is 35.5. The number of fused-ring (bicyclic) bond motifs is 2. The molecule has 0 fully saturated rings. The fourth-order valence-corrected chi connectivity index (χ4v) is 4.60. The van der Waals surface area contributed by atoms with E-state index in [4.69, 9.17) is 11.6 Å². The largest absolute Gasteiger partial charge is 0.423 e. The number of carbonyl (C=O) groups is 2. The summed E-state index contributed by atoms with van der Waals surface area (Å²) in [5.41, 5.74) is -4.50. The van der Waals surface area contributed by atoms with Crippen molar-refractivity contribution in [3.63, 3.8) is 0 Å². The van der Waals surface area contributed by atoms with E-state index in [2.05, 4.69) is 15.6 Å². The third-order valence-electron chi connectivity index (χ3n) is 6.08. The molecule has 1 aromatic heterocycles. The molecule has 7 nitrogen and oxygen atoms in total. The first-order valence-electron chi connectivity index (χ1n) is 10.3. The van der Waals surface area contributed by atoms with Gasteiger partial charge in [-0.1, -0.05) is 11.6 Å². The van der Waals surface area contributed by atoms with Gasteiger partial charge >= 0.3 is 12.2 Å². The Bertz CT molecular complexity index is 1430. The molecule has 36 heavy (non-hydrogen) atoms. The lowest BCUT2D eigenvalue weighted by Gasteiger charge is -2.27. The number of hydrogen-bond acceptors (Lipinski definition) is 4. The number of alkyl halides is 3. The van der Waals surface area contributed by atoms with Gasteiger partial charge in [-0.3, -0.25) is 14.7 Å². The normalized spacial score (nSPS) is 20.7. The van der Waals surface area contributed by atoms with Gasteiger partial charge in [-0.15, -0.1) is 0 Å². The molecule has 186 valence electrons. The number of β-amino-alcohol motifs (C(OH)–C–C–N with tert-alkyl or cyclic N) is 1. The van der Waals surface area contributed by atoms with Gasteiger partial charge in [0.15, 0.2) is 0 Å². The highest BCUT2D eigenvalue weighted by Crippen LogP contribution is 2.49. The van der Waals surface area contributed by atoms with Crippen LogP contribution in [0.1, 0.15) is 33.2 Å². The third kappa shape index (κ3) is 3.64. The second kappa shape index (κ2) is 8.14. The van der Waals surface area contributed by atoms with Crippen LogP contribution in [0.2, 0.25) is 5.02 Å². The van der Waals surface area contributed by atoms with Gasteiger partial charge in [0.1, 0.15) is 17.3 Å². The summed E-state index contributed by atoms with van der Waals surface area (Å²) in [4.78, 5) is 30.3. The van der Waals surface area contributed by atoms with Crippen LogP contribution < -0.4 is 15.5 Å². The van der Waals surface area contributed by atoms with E-state index in [1.165, 1.54) is 18.3 Å². The van der Waals surface area contributed by atoms with E-state index < -0.39 is 53.5 Å². The molecule has 5 rings (SSSR count). The average Bonchev–Trinajstić information content (AvgIpc) is 3.31. The van der Waals surface area contributed by atoms with Crippen molar-refractivity contribution in [2.75, 3.05) is 16.8 Å². The van der Waals surface area contributed by atoms with Crippen LogP contribution in [0.4, 0.5) is 38.1 Å². The Morgan fingerprint density at radius 2 is 1.86 bits per heavy atom. The molecule has 0 spiro atoms. The maximum Gasteiger partial charge on any atom is 0.423 e. The minimum Gasteiger partial charge on any atom is -0.375 e. The van der Waals surface area contributed by atoms with Gasteiger partial charge < -0.3 is 15.7 Å². The number of aromatic nitrogens is 1. The first-order chi connectivity index (χ1) is 16.9. The van der Waals surface area contributed by atoms with Crippen molar-refractivity contribution in [2.24, 2.45) is 0 Å². The Morgan fingerprint density at radius 1 is 1.17 bits per heavy atom. The number of urea groups is 1. The number of hydrogen-bond donors (Lipinski definition) is 3.